The lowest BCUT2D eigenvalue weighted by Crippen LogP contribution is -2.58. The number of rotatable bonds is 53. The second-order valence-electron chi connectivity index (χ2n) is 25.2. The Labute approximate surface area is 563 Å². The molecule has 9 atom stereocenters. The molecule has 0 aromatic heterocycles. The maximum Gasteiger partial charge on any atom is 0.243 e. The number of amides is 11. The molecule has 22 nitrogen and oxygen atoms in total. The third-order valence-electron chi connectivity index (χ3n) is 15.9. The summed E-state index contributed by atoms with van der Waals surface area (Å²) in [6, 6.07) is -8.09. The van der Waals surface area contributed by atoms with E-state index in [1.54, 1.807) is 0 Å². The first-order valence-corrected chi connectivity index (χ1v) is 36.7. The van der Waals surface area contributed by atoms with E-state index in [0.29, 0.717) is 57.8 Å². The Hall–Kier alpha value is -5.83. The van der Waals surface area contributed by atoms with Crippen LogP contribution in [0.4, 0.5) is 0 Å². The van der Waals surface area contributed by atoms with E-state index < -0.39 is 115 Å². The topological polar surface area (TPSA) is 320 Å². The number of unbranched alkanes of at least 4 members (excludes halogenated alkanes) is 18. The Morgan fingerprint density at radius 2 is 0.452 bits per heavy atom. The molecule has 0 spiro atoms. The van der Waals surface area contributed by atoms with Gasteiger partial charge in [-0.1, -0.05) is 250 Å². The molecule has 0 aliphatic carbocycles. The van der Waals surface area contributed by atoms with Crippen LogP contribution in [0, 0.1) is 0 Å². The molecule has 93 heavy (non-hydrogen) atoms. The third kappa shape index (κ3) is 49.4. The summed E-state index contributed by atoms with van der Waals surface area (Å²) in [5.41, 5.74) is 0. The lowest BCUT2D eigenvalue weighted by molar-refractivity contribution is -0.134. The number of hydrogen-bond acceptors (Lipinski definition) is 11. The molecular weight excluding hydrogens is 1180 g/mol. The highest BCUT2D eigenvalue weighted by Crippen LogP contribution is 2.13. The summed E-state index contributed by atoms with van der Waals surface area (Å²) in [7, 11) is 0. The van der Waals surface area contributed by atoms with Crippen LogP contribution in [0.2, 0.25) is 0 Å². The fraction of sp³-hybridized carbons (Fsp3) is 0.845. The van der Waals surface area contributed by atoms with Crippen molar-refractivity contribution >= 4 is 65.0 Å². The second kappa shape index (κ2) is 61.1. The van der Waals surface area contributed by atoms with Crippen LogP contribution in [-0.4, -0.2) is 132 Å². The van der Waals surface area contributed by atoms with Crippen molar-refractivity contribution in [3.05, 3.63) is 0 Å². The maximum atomic E-state index is 14.0. The maximum absolute atomic E-state index is 14.0. The average Bonchev–Trinajstić information content (AvgIpc) is 1.28. The van der Waals surface area contributed by atoms with E-state index in [9.17, 15) is 52.7 Å². The van der Waals surface area contributed by atoms with Gasteiger partial charge >= 0.3 is 0 Å². The fourth-order valence-corrected chi connectivity index (χ4v) is 9.98. The first-order chi connectivity index (χ1) is 44.4. The molecule has 0 unspecified atom stereocenters. The van der Waals surface area contributed by atoms with Gasteiger partial charge in [-0.25, -0.2) is 0 Å². The van der Waals surface area contributed by atoms with Crippen LogP contribution in [-0.2, 0) is 52.7 Å². The molecule has 0 bridgehead atoms. The van der Waals surface area contributed by atoms with E-state index in [2.05, 4.69) is 100 Å². The van der Waals surface area contributed by atoms with Gasteiger partial charge < -0.3 is 58.5 Å². The molecule has 11 amide bonds. The van der Waals surface area contributed by atoms with Crippen LogP contribution in [0.3, 0.4) is 0 Å². The Morgan fingerprint density at radius 3 is 0.688 bits per heavy atom. The van der Waals surface area contributed by atoms with Crippen LogP contribution in [0.1, 0.15) is 322 Å². The van der Waals surface area contributed by atoms with Gasteiger partial charge in [-0.05, 0) is 65.7 Å². The third-order valence-corrected chi connectivity index (χ3v) is 15.9. The van der Waals surface area contributed by atoms with E-state index in [4.69, 9.17) is 0 Å². The van der Waals surface area contributed by atoms with Gasteiger partial charge in [-0.15, -0.1) is 0 Å². The van der Waals surface area contributed by atoms with Crippen LogP contribution in [0.15, 0.2) is 0 Å². The van der Waals surface area contributed by atoms with Crippen molar-refractivity contribution in [2.45, 2.75) is 377 Å². The minimum absolute atomic E-state index is 0.0624. The molecule has 0 rings (SSSR count). The van der Waals surface area contributed by atoms with Crippen molar-refractivity contribution < 1.29 is 52.7 Å². The summed E-state index contributed by atoms with van der Waals surface area (Å²) >= 11 is 0. The van der Waals surface area contributed by atoms with Crippen LogP contribution >= 0.6 is 0 Å². The highest BCUT2D eigenvalue weighted by molar-refractivity contribution is 5.97. The summed E-state index contributed by atoms with van der Waals surface area (Å²) in [5, 5.41) is 29.9. The van der Waals surface area contributed by atoms with Crippen LogP contribution in [0.25, 0.3) is 0 Å². The summed E-state index contributed by atoms with van der Waals surface area (Å²) in [5.74, 6) is -6.23. The van der Waals surface area contributed by atoms with Crippen LogP contribution in [0.5, 0.6) is 0 Å². The molecule has 0 radical (unpaired) electrons. The van der Waals surface area contributed by atoms with Crippen molar-refractivity contribution in [3.63, 3.8) is 0 Å². The second-order valence-corrected chi connectivity index (χ2v) is 25.2. The number of nitrogens with one attached hydrogen (secondary N) is 11. The van der Waals surface area contributed by atoms with Gasteiger partial charge in [0.05, 0.1) is 13.1 Å². The molecule has 0 heterocycles. The van der Waals surface area contributed by atoms with E-state index in [0.717, 1.165) is 109 Å². The lowest BCUT2D eigenvalue weighted by Gasteiger charge is -2.25. The smallest absolute Gasteiger partial charge is 0.243 e. The number of carbonyl (C=O) groups is 11. The Balaban J connectivity index is -0.00000746. The van der Waals surface area contributed by atoms with Crippen molar-refractivity contribution in [2.24, 2.45) is 0 Å². The first kappa shape index (κ1) is 91.4. The van der Waals surface area contributed by atoms with Gasteiger partial charge in [-0.2, -0.15) is 0 Å². The molecule has 0 saturated carbocycles. The molecule has 0 aliphatic heterocycles. The molecule has 11 N–H and O–H groups in total. The molecule has 542 valence electrons. The zero-order chi connectivity index (χ0) is 70.8. The minimum Gasteiger partial charge on any atom is -0.352 e. The number of carbonyl (C=O) groups excluding carboxylic acids is 11. The summed E-state index contributed by atoms with van der Waals surface area (Å²) in [6.07, 6.45) is 27.9. The Bertz CT molecular complexity index is 2040. The van der Waals surface area contributed by atoms with Gasteiger partial charge in [-0.3, -0.25) is 52.7 Å². The minimum atomic E-state index is -1.15. The molecule has 0 saturated heterocycles. The van der Waals surface area contributed by atoms with Crippen molar-refractivity contribution in [1.82, 2.24) is 58.5 Å². The highest BCUT2D eigenvalue weighted by Gasteiger charge is 2.32. The monoisotopic (exact) mass is 1320 g/mol. The van der Waals surface area contributed by atoms with E-state index in [1.807, 2.05) is 41.5 Å². The molecule has 0 aromatic carbocycles. The largest absolute Gasteiger partial charge is 0.352 e. The van der Waals surface area contributed by atoms with Gasteiger partial charge in [0.1, 0.15) is 48.3 Å². The van der Waals surface area contributed by atoms with E-state index >= 15 is 0 Å². The zero-order valence-corrected chi connectivity index (χ0v) is 61.1. The zero-order valence-electron chi connectivity index (χ0n) is 61.1. The van der Waals surface area contributed by atoms with Gasteiger partial charge in [0.2, 0.25) is 65.0 Å². The molecule has 0 aliphatic rings. The average molecular weight is 1320 g/mol. The van der Waals surface area contributed by atoms with Gasteiger partial charge in [0.15, 0.2) is 0 Å². The quantitative estimate of drug-likeness (QED) is 0.0254. The normalized spacial score (nSPS) is 13.7. The van der Waals surface area contributed by atoms with E-state index in [1.165, 1.54) is 59.3 Å². The molecular formula is C71H137N11O11. The SMILES string of the molecule is CCCCC.CCCCC.CCCCC[C@@H](C)NC(=O)[C@H](CCCCC)NC(=O)[C@H](CCCCC)NC(=O)CNC(=O)[C@H](C)NC(=O)[C@H](CCCCC)NC(=O)[C@H](CCCCC)NC(=O)CNC(=O)[C@H](C)NC(=O)[C@H](CCCCC)NC(=O)[C@H](CCCCC)NC(C)=O. The predicted molar refractivity (Wildman–Crippen MR) is 375 cm³/mol. The summed E-state index contributed by atoms with van der Waals surface area (Å²) < 4.78 is 0. The first-order valence-electron chi connectivity index (χ1n) is 36.7. The molecule has 22 heteroatoms. The Kier molecular flexibility index (Phi) is 60.0. The van der Waals surface area contributed by atoms with E-state index in [-0.39, 0.29) is 30.7 Å². The van der Waals surface area contributed by atoms with Crippen molar-refractivity contribution in [2.75, 3.05) is 13.1 Å². The Morgan fingerprint density at radius 1 is 0.237 bits per heavy atom. The molecule has 0 aromatic rings. The summed E-state index contributed by atoms with van der Waals surface area (Å²) in [4.78, 5) is 147. The number of hydrogen-bond donors (Lipinski definition) is 11. The van der Waals surface area contributed by atoms with Gasteiger partial charge in [0.25, 0.3) is 0 Å². The standard InChI is InChI=1S/C61H113N11O11.2C5H12/c1-12-19-26-33-42(8)64-56(78)49(37-30-23-16-5)70-60(82)47(35-28-21-14-3)68-52(74)40-62-55(77)44(10)66-58(80)51(39-32-25-18-7)72-61(83)48(36-29-22-15-4)69-53(75)41-63-54(76)43(9)65-57(79)50(38-31-24-17-6)71-59(81)46(67-45(11)73)34-27-20-13-2;2*1-3-5-4-2/h42-44,46-51H,12-41H2,1-11H3,(H,62,77)(H,63,76)(H,64,78)(H,65,79)(H,66,80)(H,67,73)(H,68,74)(H,69,75)(H,70,82)(H,71,81)(H,72,83);2*3-5H2,1-2H3/t42-,43+,44+,46+,47+,48+,49+,50+,51+;;/m1../s1. The van der Waals surface area contributed by atoms with Gasteiger partial charge in [0, 0.05) is 13.0 Å². The van der Waals surface area contributed by atoms with Crippen molar-refractivity contribution in [3.8, 4) is 0 Å². The predicted octanol–water partition coefficient (Wildman–Crippen LogP) is 10.1. The molecule has 0 fully saturated rings. The fourth-order valence-electron chi connectivity index (χ4n) is 9.98. The summed E-state index contributed by atoms with van der Waals surface area (Å²) in [6.45, 7) is 28.1. The lowest BCUT2D eigenvalue weighted by atomic mass is 10.0. The highest BCUT2D eigenvalue weighted by atomic mass is 16.2. The van der Waals surface area contributed by atoms with Crippen LogP contribution < -0.4 is 58.5 Å². The van der Waals surface area contributed by atoms with Crippen molar-refractivity contribution in [1.29, 1.82) is 0 Å².